The number of nitrogens with one attached hydrogen (secondary N) is 2. The van der Waals surface area contributed by atoms with Crippen LogP contribution in [0.4, 0.5) is 0 Å². The Kier molecular flexibility index (Phi) is 4.15. The monoisotopic (exact) mass is 206 g/mol. The van der Waals surface area contributed by atoms with E-state index in [2.05, 4.69) is 10.0 Å². The van der Waals surface area contributed by atoms with Gasteiger partial charge < -0.3 is 5.32 Å². The summed E-state index contributed by atoms with van der Waals surface area (Å²) in [5, 5.41) is 2.97. The van der Waals surface area contributed by atoms with Crippen molar-refractivity contribution in [3.8, 4) is 0 Å². The standard InChI is InChI=1S/C8H18N2O2S/c1-9-5-2-6-10-13(11,12)7-8-3-4-8/h8-10H,2-7H2,1H3. The van der Waals surface area contributed by atoms with Crippen LogP contribution in [-0.2, 0) is 10.0 Å². The van der Waals surface area contributed by atoms with Gasteiger partial charge in [0.15, 0.2) is 0 Å². The first kappa shape index (κ1) is 10.9. The predicted octanol–water partition coefficient (Wildman–Crippen LogP) is -0.0747. The van der Waals surface area contributed by atoms with E-state index in [0.29, 0.717) is 18.2 Å². The molecular formula is C8H18N2O2S. The van der Waals surface area contributed by atoms with Gasteiger partial charge in [-0.2, -0.15) is 0 Å². The molecule has 5 heteroatoms. The highest BCUT2D eigenvalue weighted by Gasteiger charge is 2.27. The van der Waals surface area contributed by atoms with E-state index >= 15 is 0 Å². The summed E-state index contributed by atoms with van der Waals surface area (Å²) >= 11 is 0. The molecule has 0 aromatic carbocycles. The maximum Gasteiger partial charge on any atom is 0.211 e. The smallest absolute Gasteiger partial charge is 0.211 e. The molecule has 0 radical (unpaired) electrons. The molecular weight excluding hydrogens is 188 g/mol. The average Bonchev–Trinajstić information content (AvgIpc) is 2.81. The van der Waals surface area contributed by atoms with E-state index in [1.807, 2.05) is 7.05 Å². The normalized spacial score (nSPS) is 17.6. The number of sulfonamides is 1. The van der Waals surface area contributed by atoms with Crippen molar-refractivity contribution in [2.45, 2.75) is 19.3 Å². The molecule has 0 aliphatic heterocycles. The van der Waals surface area contributed by atoms with Crippen molar-refractivity contribution in [3.63, 3.8) is 0 Å². The molecule has 13 heavy (non-hydrogen) atoms. The van der Waals surface area contributed by atoms with Crippen LogP contribution >= 0.6 is 0 Å². The fourth-order valence-corrected chi connectivity index (χ4v) is 2.67. The van der Waals surface area contributed by atoms with Crippen LogP contribution in [0.25, 0.3) is 0 Å². The van der Waals surface area contributed by atoms with Crippen LogP contribution in [0.5, 0.6) is 0 Å². The largest absolute Gasteiger partial charge is 0.320 e. The van der Waals surface area contributed by atoms with Gasteiger partial charge in [-0.15, -0.1) is 0 Å². The zero-order valence-electron chi connectivity index (χ0n) is 8.04. The van der Waals surface area contributed by atoms with Crippen molar-refractivity contribution >= 4 is 10.0 Å². The quantitative estimate of drug-likeness (QED) is 0.573. The lowest BCUT2D eigenvalue weighted by atomic mass is 10.4. The molecule has 0 amide bonds. The minimum absolute atomic E-state index is 0.326. The van der Waals surface area contributed by atoms with Crippen molar-refractivity contribution in [1.82, 2.24) is 10.0 Å². The van der Waals surface area contributed by atoms with Gasteiger partial charge in [0, 0.05) is 6.54 Å². The van der Waals surface area contributed by atoms with Crippen molar-refractivity contribution in [2.75, 3.05) is 25.9 Å². The third-order valence-corrected chi connectivity index (χ3v) is 3.63. The van der Waals surface area contributed by atoms with Gasteiger partial charge in [-0.25, -0.2) is 13.1 Å². The van der Waals surface area contributed by atoms with Gasteiger partial charge in [0.05, 0.1) is 5.75 Å². The molecule has 0 atom stereocenters. The second kappa shape index (κ2) is 4.93. The molecule has 0 spiro atoms. The van der Waals surface area contributed by atoms with Crippen molar-refractivity contribution in [2.24, 2.45) is 5.92 Å². The molecule has 1 aliphatic carbocycles. The molecule has 1 rings (SSSR count). The minimum atomic E-state index is -2.98. The summed E-state index contributed by atoms with van der Waals surface area (Å²) < 4.78 is 25.2. The van der Waals surface area contributed by atoms with Gasteiger partial charge in [0.1, 0.15) is 0 Å². The van der Waals surface area contributed by atoms with Crippen molar-refractivity contribution < 1.29 is 8.42 Å². The van der Waals surface area contributed by atoms with E-state index < -0.39 is 10.0 Å². The number of hydrogen-bond acceptors (Lipinski definition) is 3. The first-order valence-corrected chi connectivity index (χ1v) is 6.41. The van der Waals surface area contributed by atoms with Crippen LogP contribution in [0.1, 0.15) is 19.3 Å². The second-order valence-corrected chi connectivity index (χ2v) is 5.43. The molecule has 0 heterocycles. The van der Waals surface area contributed by atoms with E-state index in [1.165, 1.54) is 0 Å². The Hall–Kier alpha value is -0.130. The van der Waals surface area contributed by atoms with Crippen LogP contribution in [0.15, 0.2) is 0 Å². The summed E-state index contributed by atoms with van der Waals surface area (Å²) in [5.41, 5.74) is 0. The zero-order chi connectivity index (χ0) is 9.73. The summed E-state index contributed by atoms with van der Waals surface area (Å²) in [6.07, 6.45) is 3.01. The lowest BCUT2D eigenvalue weighted by molar-refractivity contribution is 0.573. The highest BCUT2D eigenvalue weighted by atomic mass is 32.2. The molecule has 2 N–H and O–H groups in total. The average molecular weight is 206 g/mol. The lowest BCUT2D eigenvalue weighted by Gasteiger charge is -2.04. The Morgan fingerprint density at radius 1 is 1.31 bits per heavy atom. The first-order valence-electron chi connectivity index (χ1n) is 4.76. The Balaban J connectivity index is 2.10. The molecule has 4 nitrogen and oxygen atoms in total. The van der Waals surface area contributed by atoms with Crippen LogP contribution in [0, 0.1) is 5.92 Å². The van der Waals surface area contributed by atoms with Gasteiger partial charge in [-0.1, -0.05) is 0 Å². The van der Waals surface area contributed by atoms with Gasteiger partial charge in [-0.3, -0.25) is 0 Å². The highest BCUT2D eigenvalue weighted by molar-refractivity contribution is 7.89. The van der Waals surface area contributed by atoms with Gasteiger partial charge in [0.25, 0.3) is 0 Å². The number of hydrogen-bond donors (Lipinski definition) is 2. The molecule has 0 unspecified atom stereocenters. The molecule has 0 aromatic heterocycles. The van der Waals surface area contributed by atoms with Gasteiger partial charge >= 0.3 is 0 Å². The maximum absolute atomic E-state index is 11.3. The van der Waals surface area contributed by atoms with Crippen molar-refractivity contribution in [1.29, 1.82) is 0 Å². The summed E-state index contributed by atoms with van der Waals surface area (Å²) in [4.78, 5) is 0. The second-order valence-electron chi connectivity index (χ2n) is 3.58. The Bertz CT molecular complexity index is 235. The van der Waals surface area contributed by atoms with Crippen LogP contribution < -0.4 is 10.0 Å². The molecule has 0 aromatic rings. The van der Waals surface area contributed by atoms with E-state index in [9.17, 15) is 8.42 Å². The molecule has 1 saturated carbocycles. The molecule has 0 saturated heterocycles. The van der Waals surface area contributed by atoms with E-state index in [0.717, 1.165) is 25.8 Å². The van der Waals surface area contributed by atoms with Crippen LogP contribution in [0.2, 0.25) is 0 Å². The first-order chi connectivity index (χ1) is 6.14. The molecule has 78 valence electrons. The predicted molar refractivity (Wildman–Crippen MR) is 53.1 cm³/mol. The number of rotatable bonds is 7. The summed E-state index contributed by atoms with van der Waals surface area (Å²) in [6, 6.07) is 0. The Labute approximate surface area is 80.1 Å². The van der Waals surface area contributed by atoms with Crippen LogP contribution in [-0.4, -0.2) is 34.3 Å². The summed E-state index contributed by atoms with van der Waals surface area (Å²) in [7, 11) is -1.12. The minimum Gasteiger partial charge on any atom is -0.320 e. The Morgan fingerprint density at radius 3 is 2.54 bits per heavy atom. The van der Waals surface area contributed by atoms with E-state index in [1.54, 1.807) is 0 Å². The van der Waals surface area contributed by atoms with Gasteiger partial charge in [-0.05, 0) is 38.8 Å². The SMILES string of the molecule is CNCCCNS(=O)(=O)CC1CC1. The lowest BCUT2D eigenvalue weighted by Crippen LogP contribution is -2.29. The summed E-state index contributed by atoms with van der Waals surface area (Å²) in [5.74, 6) is 0.758. The van der Waals surface area contributed by atoms with Crippen molar-refractivity contribution in [3.05, 3.63) is 0 Å². The summed E-state index contributed by atoms with van der Waals surface area (Å²) in [6.45, 7) is 1.40. The molecule has 1 aliphatic rings. The topological polar surface area (TPSA) is 58.2 Å². The van der Waals surface area contributed by atoms with E-state index in [-0.39, 0.29) is 0 Å². The maximum atomic E-state index is 11.3. The third kappa shape index (κ3) is 5.23. The molecule has 1 fully saturated rings. The van der Waals surface area contributed by atoms with E-state index in [4.69, 9.17) is 0 Å². The fourth-order valence-electron chi connectivity index (χ4n) is 1.15. The fraction of sp³-hybridized carbons (Fsp3) is 1.00. The van der Waals surface area contributed by atoms with Gasteiger partial charge in [0.2, 0.25) is 10.0 Å². The van der Waals surface area contributed by atoms with Crippen LogP contribution in [0.3, 0.4) is 0 Å². The third-order valence-electron chi connectivity index (χ3n) is 2.08. The molecule has 0 bridgehead atoms. The Morgan fingerprint density at radius 2 is 2.00 bits per heavy atom. The highest BCUT2D eigenvalue weighted by Crippen LogP contribution is 2.29. The zero-order valence-corrected chi connectivity index (χ0v) is 8.86.